The summed E-state index contributed by atoms with van der Waals surface area (Å²) in [4.78, 5) is 9.41. The lowest BCUT2D eigenvalue weighted by Gasteiger charge is -2.17. The van der Waals surface area contributed by atoms with E-state index in [1.54, 1.807) is 16.4 Å². The zero-order valence-electron chi connectivity index (χ0n) is 18.3. The molecule has 4 N–H and O–H groups in total. The standard InChI is InChI=1S/C22H28N6O3S.ClH/c1-2-8-32-22-24-20(23-15-10-14(15)12-6-4-3-5-7-12)17-21(25-22)28(27-26-17)16-9-13(11-29)18(30)19(16)31;/h3-7,13-16,18-19,29-31H,2,8-11H2,1H3,(H,23,24,25);1H/t13-,14+,15-,16-,18-,19+;/m1./s1. The molecule has 2 aliphatic carbocycles. The van der Waals surface area contributed by atoms with Crippen molar-refractivity contribution in [1.82, 2.24) is 25.0 Å². The molecule has 2 fully saturated rings. The van der Waals surface area contributed by atoms with Gasteiger partial charge in [-0.3, -0.25) is 0 Å². The number of anilines is 1. The molecule has 0 amide bonds. The average molecular weight is 493 g/mol. The summed E-state index contributed by atoms with van der Waals surface area (Å²) in [5.41, 5.74) is 2.39. The maximum absolute atomic E-state index is 10.6. The third-order valence-electron chi connectivity index (χ3n) is 6.40. The lowest BCUT2D eigenvalue weighted by molar-refractivity contribution is -0.00512. The van der Waals surface area contributed by atoms with Crippen molar-refractivity contribution in [3.8, 4) is 0 Å². The van der Waals surface area contributed by atoms with E-state index in [1.165, 1.54) is 5.56 Å². The van der Waals surface area contributed by atoms with Crippen LogP contribution in [0.1, 0.15) is 43.7 Å². The molecule has 1 aromatic carbocycles. The van der Waals surface area contributed by atoms with Crippen LogP contribution in [0.2, 0.25) is 0 Å². The van der Waals surface area contributed by atoms with E-state index in [4.69, 9.17) is 4.98 Å². The van der Waals surface area contributed by atoms with Gasteiger partial charge in [0.05, 0.1) is 12.1 Å². The Labute approximate surface area is 202 Å². The highest BCUT2D eigenvalue weighted by Crippen LogP contribution is 2.43. The quantitative estimate of drug-likeness (QED) is 0.276. The number of thioether (sulfide) groups is 1. The highest BCUT2D eigenvalue weighted by molar-refractivity contribution is 7.99. The molecule has 33 heavy (non-hydrogen) atoms. The van der Waals surface area contributed by atoms with Gasteiger partial charge in [0, 0.05) is 30.2 Å². The van der Waals surface area contributed by atoms with Crippen molar-refractivity contribution in [3.05, 3.63) is 35.9 Å². The number of rotatable bonds is 8. The fourth-order valence-corrected chi connectivity index (χ4v) is 5.21. The third-order valence-corrected chi connectivity index (χ3v) is 7.45. The Kier molecular flexibility index (Phi) is 7.40. The van der Waals surface area contributed by atoms with Gasteiger partial charge in [-0.05, 0) is 24.8 Å². The maximum Gasteiger partial charge on any atom is 0.191 e. The molecule has 11 heteroatoms. The highest BCUT2D eigenvalue weighted by atomic mass is 35.5. The number of aromatic nitrogens is 5. The average Bonchev–Trinajstić information content (AvgIpc) is 3.36. The zero-order valence-corrected chi connectivity index (χ0v) is 19.9. The van der Waals surface area contributed by atoms with Crippen LogP contribution in [0.15, 0.2) is 35.5 Å². The van der Waals surface area contributed by atoms with E-state index in [2.05, 4.69) is 51.8 Å². The number of hydrogen-bond acceptors (Lipinski definition) is 9. The smallest absolute Gasteiger partial charge is 0.191 e. The SMILES string of the molecule is CCCSc1nc(N[C@@H]2C[C@H]2c2ccccc2)c2nnn([C@@H]3C[C@H](CO)[C@@H](O)[C@H]3O)c2n1.Cl. The molecule has 0 bridgehead atoms. The fourth-order valence-electron chi connectivity index (χ4n) is 4.51. The van der Waals surface area contributed by atoms with Crippen molar-refractivity contribution >= 4 is 41.2 Å². The fraction of sp³-hybridized carbons (Fsp3) is 0.545. The van der Waals surface area contributed by atoms with Crippen LogP contribution < -0.4 is 5.32 Å². The Morgan fingerprint density at radius 2 is 1.91 bits per heavy atom. The number of nitrogens with one attached hydrogen (secondary N) is 1. The molecule has 0 radical (unpaired) electrons. The van der Waals surface area contributed by atoms with Crippen LogP contribution in [0.25, 0.3) is 11.2 Å². The third kappa shape index (κ3) is 4.67. The van der Waals surface area contributed by atoms with Crippen molar-refractivity contribution in [2.45, 2.75) is 61.6 Å². The van der Waals surface area contributed by atoms with E-state index in [-0.39, 0.29) is 25.1 Å². The molecule has 2 saturated carbocycles. The van der Waals surface area contributed by atoms with Crippen LogP contribution >= 0.6 is 24.2 Å². The van der Waals surface area contributed by atoms with Gasteiger partial charge in [0.2, 0.25) is 0 Å². The van der Waals surface area contributed by atoms with Crippen LogP contribution in [-0.4, -0.2) is 70.9 Å². The second kappa shape index (κ2) is 10.1. The Bertz CT molecular complexity index is 1090. The molecule has 2 heterocycles. The van der Waals surface area contributed by atoms with Crippen LogP contribution in [0.3, 0.4) is 0 Å². The van der Waals surface area contributed by atoms with E-state index in [0.29, 0.717) is 34.5 Å². The van der Waals surface area contributed by atoms with Crippen LogP contribution in [0, 0.1) is 5.92 Å². The van der Waals surface area contributed by atoms with E-state index in [9.17, 15) is 15.3 Å². The first-order valence-electron chi connectivity index (χ1n) is 11.1. The molecule has 0 saturated heterocycles. The minimum Gasteiger partial charge on any atom is -0.396 e. The van der Waals surface area contributed by atoms with Gasteiger partial charge in [0.25, 0.3) is 0 Å². The van der Waals surface area contributed by atoms with Gasteiger partial charge >= 0.3 is 0 Å². The van der Waals surface area contributed by atoms with Crippen molar-refractivity contribution in [1.29, 1.82) is 0 Å². The summed E-state index contributed by atoms with van der Waals surface area (Å²) in [5.74, 6) is 1.57. The molecule has 0 spiro atoms. The number of aliphatic hydroxyl groups is 3. The predicted molar refractivity (Wildman–Crippen MR) is 129 cm³/mol. The number of halogens is 1. The lowest BCUT2D eigenvalue weighted by atomic mass is 10.1. The van der Waals surface area contributed by atoms with E-state index >= 15 is 0 Å². The molecule has 6 atom stereocenters. The minimum absolute atomic E-state index is 0. The molecule has 5 rings (SSSR count). The summed E-state index contributed by atoms with van der Waals surface area (Å²) in [6.07, 6.45) is 0.376. The van der Waals surface area contributed by atoms with E-state index < -0.39 is 24.2 Å². The van der Waals surface area contributed by atoms with Gasteiger partial charge in [-0.2, -0.15) is 0 Å². The van der Waals surface area contributed by atoms with Gasteiger partial charge in [-0.15, -0.1) is 17.5 Å². The molecule has 178 valence electrons. The summed E-state index contributed by atoms with van der Waals surface area (Å²) in [6, 6.07) is 10.2. The Balaban J connectivity index is 0.00000259. The largest absolute Gasteiger partial charge is 0.396 e. The second-order valence-electron chi connectivity index (χ2n) is 8.64. The van der Waals surface area contributed by atoms with Crippen molar-refractivity contribution < 1.29 is 15.3 Å². The summed E-state index contributed by atoms with van der Waals surface area (Å²) >= 11 is 1.57. The predicted octanol–water partition coefficient (Wildman–Crippen LogP) is 2.39. The molecular weight excluding hydrogens is 464 g/mol. The number of aliphatic hydroxyl groups excluding tert-OH is 3. The topological polar surface area (TPSA) is 129 Å². The second-order valence-corrected chi connectivity index (χ2v) is 9.70. The van der Waals surface area contributed by atoms with Gasteiger partial charge in [0.15, 0.2) is 22.1 Å². The Hall–Kier alpha value is -1.98. The monoisotopic (exact) mass is 492 g/mol. The van der Waals surface area contributed by atoms with Gasteiger partial charge in [-0.1, -0.05) is 54.2 Å². The summed E-state index contributed by atoms with van der Waals surface area (Å²) in [7, 11) is 0. The first-order valence-corrected chi connectivity index (χ1v) is 12.1. The molecule has 9 nitrogen and oxygen atoms in total. The summed E-state index contributed by atoms with van der Waals surface area (Å²) < 4.78 is 1.59. The molecule has 0 unspecified atom stereocenters. The van der Waals surface area contributed by atoms with Crippen LogP contribution in [0.5, 0.6) is 0 Å². The van der Waals surface area contributed by atoms with E-state index in [0.717, 1.165) is 18.6 Å². The zero-order chi connectivity index (χ0) is 22.2. The first-order chi connectivity index (χ1) is 15.6. The van der Waals surface area contributed by atoms with Gasteiger partial charge in [0.1, 0.15) is 6.10 Å². The molecule has 0 aliphatic heterocycles. The Morgan fingerprint density at radius 3 is 2.61 bits per heavy atom. The number of nitrogens with zero attached hydrogens (tertiary/aromatic N) is 5. The van der Waals surface area contributed by atoms with Crippen LogP contribution in [0.4, 0.5) is 5.82 Å². The summed E-state index contributed by atoms with van der Waals surface area (Å²) in [6.45, 7) is 1.92. The van der Waals surface area contributed by atoms with Gasteiger partial charge in [-0.25, -0.2) is 14.6 Å². The number of hydrogen-bond donors (Lipinski definition) is 4. The number of fused-ring (bicyclic) bond motifs is 1. The minimum atomic E-state index is -1.04. The molecule has 3 aromatic rings. The normalized spacial score (nSPS) is 28.6. The maximum atomic E-state index is 10.6. The molecule has 2 aliphatic rings. The van der Waals surface area contributed by atoms with Crippen molar-refractivity contribution in [3.63, 3.8) is 0 Å². The molecular formula is C22H29ClN6O3S. The summed E-state index contributed by atoms with van der Waals surface area (Å²) in [5, 5.41) is 43.2. The highest BCUT2D eigenvalue weighted by Gasteiger charge is 2.44. The molecule has 2 aromatic heterocycles. The number of benzene rings is 1. The Morgan fingerprint density at radius 1 is 1.12 bits per heavy atom. The van der Waals surface area contributed by atoms with Crippen molar-refractivity contribution in [2.24, 2.45) is 5.92 Å². The lowest BCUT2D eigenvalue weighted by Crippen LogP contribution is -2.30. The van der Waals surface area contributed by atoms with E-state index in [1.807, 2.05) is 6.07 Å². The van der Waals surface area contributed by atoms with Gasteiger partial charge < -0.3 is 20.6 Å². The van der Waals surface area contributed by atoms with Crippen molar-refractivity contribution in [2.75, 3.05) is 17.7 Å². The first kappa shape index (κ1) is 24.2. The van der Waals surface area contributed by atoms with Crippen LogP contribution in [-0.2, 0) is 0 Å².